The molecule has 0 unspecified atom stereocenters. The van der Waals surface area contributed by atoms with E-state index in [-0.39, 0.29) is 5.91 Å². The second kappa shape index (κ2) is 9.47. The van der Waals surface area contributed by atoms with E-state index in [1.54, 1.807) is 18.1 Å². The van der Waals surface area contributed by atoms with Crippen molar-refractivity contribution in [2.75, 3.05) is 31.8 Å². The number of anilines is 1. The van der Waals surface area contributed by atoms with Gasteiger partial charge in [-0.1, -0.05) is 49.6 Å². The van der Waals surface area contributed by atoms with E-state index in [4.69, 9.17) is 30.5 Å². The van der Waals surface area contributed by atoms with Crippen molar-refractivity contribution in [3.63, 3.8) is 0 Å². The van der Waals surface area contributed by atoms with Gasteiger partial charge >= 0.3 is 0 Å². The zero-order valence-corrected chi connectivity index (χ0v) is 18.7. The standard InChI is InChI=1S/C24H28ClNO5/c1-3-4-5-12-29-20-11-10-17(15-21(20)28-2)16-26-22-18(8-6-9-19(22)25)24(23(26)27)30-13-7-14-31-24/h6,8-11,15H,3-5,7,12-14,16H2,1-2H3. The Hall–Kier alpha value is -2.28. The van der Waals surface area contributed by atoms with Gasteiger partial charge in [0.1, 0.15) is 0 Å². The molecule has 0 atom stereocenters. The molecule has 1 saturated heterocycles. The normalized spacial score (nSPS) is 17.1. The van der Waals surface area contributed by atoms with Crippen LogP contribution in [-0.2, 0) is 26.6 Å². The Kier molecular flexibility index (Phi) is 6.70. The molecule has 0 radical (unpaired) electrons. The molecule has 4 rings (SSSR count). The number of hydrogen-bond donors (Lipinski definition) is 0. The summed E-state index contributed by atoms with van der Waals surface area (Å²) in [4.78, 5) is 15.1. The fourth-order valence-corrected chi connectivity index (χ4v) is 4.33. The summed E-state index contributed by atoms with van der Waals surface area (Å²) in [6.45, 7) is 4.05. The highest BCUT2D eigenvalue weighted by Gasteiger charge is 2.55. The highest BCUT2D eigenvalue weighted by atomic mass is 35.5. The first-order valence-corrected chi connectivity index (χ1v) is 11.2. The van der Waals surface area contributed by atoms with Crippen molar-refractivity contribution in [2.45, 2.75) is 44.9 Å². The van der Waals surface area contributed by atoms with Crippen molar-refractivity contribution in [2.24, 2.45) is 0 Å². The van der Waals surface area contributed by atoms with E-state index in [0.29, 0.717) is 54.1 Å². The predicted molar refractivity (Wildman–Crippen MR) is 119 cm³/mol. The minimum absolute atomic E-state index is 0.255. The Bertz CT molecular complexity index is 942. The number of hydrogen-bond acceptors (Lipinski definition) is 5. The van der Waals surface area contributed by atoms with Gasteiger partial charge in [0.25, 0.3) is 11.7 Å². The molecule has 2 heterocycles. The molecule has 1 fully saturated rings. The maximum Gasteiger partial charge on any atom is 0.292 e. The van der Waals surface area contributed by atoms with Gasteiger partial charge < -0.3 is 23.8 Å². The Labute approximate surface area is 188 Å². The molecule has 1 spiro atoms. The summed E-state index contributed by atoms with van der Waals surface area (Å²) >= 11 is 6.52. The zero-order chi connectivity index (χ0) is 21.8. The number of nitrogens with zero attached hydrogens (tertiary/aromatic N) is 1. The van der Waals surface area contributed by atoms with Crippen LogP contribution in [0.15, 0.2) is 36.4 Å². The molecule has 31 heavy (non-hydrogen) atoms. The summed E-state index contributed by atoms with van der Waals surface area (Å²) in [7, 11) is 1.61. The number of halogens is 1. The summed E-state index contributed by atoms with van der Waals surface area (Å²) in [5.74, 6) is -0.330. The maximum atomic E-state index is 13.5. The quantitative estimate of drug-likeness (QED) is 0.532. The van der Waals surface area contributed by atoms with Crippen LogP contribution in [0.5, 0.6) is 11.5 Å². The third kappa shape index (κ3) is 4.12. The fourth-order valence-electron chi connectivity index (χ4n) is 4.06. The minimum Gasteiger partial charge on any atom is -0.493 e. The van der Waals surface area contributed by atoms with Gasteiger partial charge in [0.05, 0.1) is 44.2 Å². The van der Waals surface area contributed by atoms with Gasteiger partial charge in [-0.05, 0) is 36.6 Å². The number of amides is 1. The van der Waals surface area contributed by atoms with E-state index in [9.17, 15) is 4.79 Å². The van der Waals surface area contributed by atoms with Crippen molar-refractivity contribution >= 4 is 23.2 Å². The van der Waals surface area contributed by atoms with Crippen LogP contribution in [0.2, 0.25) is 5.02 Å². The Morgan fingerprint density at radius 3 is 2.68 bits per heavy atom. The van der Waals surface area contributed by atoms with Crippen LogP contribution in [0, 0.1) is 0 Å². The molecular formula is C24H28ClNO5. The van der Waals surface area contributed by atoms with Gasteiger partial charge in [0.15, 0.2) is 11.5 Å². The van der Waals surface area contributed by atoms with Crippen LogP contribution in [0.1, 0.15) is 43.7 Å². The van der Waals surface area contributed by atoms with E-state index in [1.165, 1.54) is 0 Å². The maximum absolute atomic E-state index is 13.5. The van der Waals surface area contributed by atoms with Crippen LogP contribution in [0.25, 0.3) is 0 Å². The van der Waals surface area contributed by atoms with Crippen LogP contribution in [0.3, 0.4) is 0 Å². The Balaban J connectivity index is 1.60. The van der Waals surface area contributed by atoms with Crippen molar-refractivity contribution in [1.82, 2.24) is 0 Å². The molecular weight excluding hydrogens is 418 g/mol. The van der Waals surface area contributed by atoms with Crippen molar-refractivity contribution in [3.8, 4) is 11.5 Å². The lowest BCUT2D eigenvalue weighted by atomic mass is 10.1. The molecule has 166 valence electrons. The Morgan fingerprint density at radius 2 is 1.94 bits per heavy atom. The third-order valence-electron chi connectivity index (χ3n) is 5.61. The van der Waals surface area contributed by atoms with Gasteiger partial charge in [-0.15, -0.1) is 0 Å². The minimum atomic E-state index is -1.41. The lowest BCUT2D eigenvalue weighted by molar-refractivity contribution is -0.256. The van der Waals surface area contributed by atoms with Gasteiger partial charge in [-0.2, -0.15) is 0 Å². The molecule has 2 aliphatic rings. The molecule has 0 aliphatic carbocycles. The molecule has 0 bridgehead atoms. The first-order chi connectivity index (χ1) is 15.1. The molecule has 2 aliphatic heterocycles. The van der Waals surface area contributed by atoms with E-state index >= 15 is 0 Å². The van der Waals surface area contributed by atoms with Gasteiger partial charge in [0.2, 0.25) is 0 Å². The third-order valence-corrected chi connectivity index (χ3v) is 5.92. The number of carbonyl (C=O) groups excluding carboxylic acids is 1. The monoisotopic (exact) mass is 445 g/mol. The molecule has 0 saturated carbocycles. The number of carbonyl (C=O) groups is 1. The lowest BCUT2D eigenvalue weighted by Gasteiger charge is -2.32. The fraction of sp³-hybridized carbons (Fsp3) is 0.458. The second-order valence-electron chi connectivity index (χ2n) is 7.74. The number of rotatable bonds is 8. The first-order valence-electron chi connectivity index (χ1n) is 10.8. The molecule has 6 nitrogen and oxygen atoms in total. The van der Waals surface area contributed by atoms with Crippen molar-refractivity contribution < 1.29 is 23.7 Å². The summed E-state index contributed by atoms with van der Waals surface area (Å²) in [6, 6.07) is 11.2. The number of methoxy groups -OCH3 is 1. The van der Waals surface area contributed by atoms with E-state index in [1.807, 2.05) is 30.3 Å². The predicted octanol–water partition coefficient (Wildman–Crippen LogP) is 5.05. The summed E-state index contributed by atoms with van der Waals surface area (Å²) in [5.41, 5.74) is 2.19. The van der Waals surface area contributed by atoms with E-state index in [2.05, 4.69) is 6.92 Å². The molecule has 1 amide bonds. The first kappa shape index (κ1) is 21.9. The largest absolute Gasteiger partial charge is 0.493 e. The summed E-state index contributed by atoms with van der Waals surface area (Å²) < 4.78 is 23.2. The number of fused-ring (bicyclic) bond motifs is 2. The van der Waals surface area contributed by atoms with Crippen LogP contribution in [-0.4, -0.2) is 32.8 Å². The van der Waals surface area contributed by atoms with Crippen LogP contribution >= 0.6 is 11.6 Å². The number of unbranched alkanes of at least 4 members (excludes halogenated alkanes) is 2. The summed E-state index contributed by atoms with van der Waals surface area (Å²) in [6.07, 6.45) is 4.02. The summed E-state index contributed by atoms with van der Waals surface area (Å²) in [5, 5.41) is 0.489. The molecule has 0 aromatic heterocycles. The van der Waals surface area contributed by atoms with Crippen LogP contribution in [0.4, 0.5) is 5.69 Å². The van der Waals surface area contributed by atoms with Gasteiger partial charge in [-0.3, -0.25) is 4.79 Å². The Morgan fingerprint density at radius 1 is 1.13 bits per heavy atom. The van der Waals surface area contributed by atoms with Gasteiger partial charge in [0, 0.05) is 5.56 Å². The van der Waals surface area contributed by atoms with E-state index < -0.39 is 5.79 Å². The average Bonchev–Trinajstić information content (AvgIpc) is 3.01. The SMILES string of the molecule is CCCCCOc1ccc(CN2C(=O)C3(OCCCO3)c3cccc(Cl)c32)cc1OC. The number of ether oxygens (including phenoxy) is 4. The molecule has 2 aromatic carbocycles. The topological polar surface area (TPSA) is 57.2 Å². The highest BCUT2D eigenvalue weighted by Crippen LogP contribution is 2.48. The molecule has 2 aromatic rings. The average molecular weight is 446 g/mol. The molecule has 0 N–H and O–H groups in total. The highest BCUT2D eigenvalue weighted by molar-refractivity contribution is 6.35. The van der Waals surface area contributed by atoms with Crippen LogP contribution < -0.4 is 14.4 Å². The van der Waals surface area contributed by atoms with E-state index in [0.717, 1.165) is 31.2 Å². The van der Waals surface area contributed by atoms with Crippen molar-refractivity contribution in [1.29, 1.82) is 0 Å². The number of para-hydroxylation sites is 1. The van der Waals surface area contributed by atoms with Crippen molar-refractivity contribution in [3.05, 3.63) is 52.5 Å². The molecule has 7 heteroatoms. The smallest absolute Gasteiger partial charge is 0.292 e. The number of benzene rings is 2. The lowest BCUT2D eigenvalue weighted by Crippen LogP contribution is -2.47. The zero-order valence-electron chi connectivity index (χ0n) is 18.0. The second-order valence-corrected chi connectivity index (χ2v) is 8.14. The van der Waals surface area contributed by atoms with Gasteiger partial charge in [-0.25, -0.2) is 0 Å².